The molecule has 5 rings (SSSR count). The van der Waals surface area contributed by atoms with Gasteiger partial charge < -0.3 is 25.4 Å². The number of anilines is 2. The number of nitrogens with one attached hydrogen (secondary N) is 3. The SMILES string of the molecule is COc1ccc(-c2csc(NC(=O)C(C)Sc3ccc(NC(=O)/C(=C/c4cccc(Cl)c4Cl)NC(=O)c4ccccc4)cc3)n2)cc1OC. The lowest BCUT2D eigenvalue weighted by Gasteiger charge is -2.13. The van der Waals surface area contributed by atoms with Crippen molar-refractivity contribution < 1.29 is 23.9 Å². The Morgan fingerprint density at radius 2 is 1.61 bits per heavy atom. The molecule has 1 heterocycles. The number of thiazole rings is 1. The molecule has 13 heteroatoms. The first kappa shape index (κ1) is 35.5. The van der Waals surface area contributed by atoms with Gasteiger partial charge in [0.1, 0.15) is 5.70 Å². The zero-order valence-electron chi connectivity index (χ0n) is 26.5. The van der Waals surface area contributed by atoms with Crippen molar-refractivity contribution in [2.45, 2.75) is 17.1 Å². The molecular weight excluding hydrogens is 703 g/mol. The number of methoxy groups -OCH3 is 2. The van der Waals surface area contributed by atoms with Crippen molar-refractivity contribution in [3.05, 3.63) is 123 Å². The van der Waals surface area contributed by atoms with Crippen LogP contribution in [0.4, 0.5) is 10.8 Å². The number of carbonyl (C=O) groups excluding carboxylic acids is 3. The molecule has 49 heavy (non-hydrogen) atoms. The molecule has 0 aliphatic heterocycles. The third-order valence-corrected chi connectivity index (χ3v) is 9.72. The summed E-state index contributed by atoms with van der Waals surface area (Å²) in [6.07, 6.45) is 1.47. The first-order valence-corrected chi connectivity index (χ1v) is 17.3. The van der Waals surface area contributed by atoms with Crippen LogP contribution < -0.4 is 25.4 Å². The maximum atomic E-state index is 13.4. The summed E-state index contributed by atoms with van der Waals surface area (Å²) in [5, 5.41) is 10.8. The maximum absolute atomic E-state index is 13.4. The molecule has 9 nitrogen and oxygen atoms in total. The van der Waals surface area contributed by atoms with E-state index in [1.54, 1.807) is 100 Å². The van der Waals surface area contributed by atoms with E-state index in [0.29, 0.717) is 44.2 Å². The van der Waals surface area contributed by atoms with Gasteiger partial charge in [0.25, 0.3) is 11.8 Å². The molecule has 4 aromatic carbocycles. The second-order valence-electron chi connectivity index (χ2n) is 10.4. The molecule has 1 aromatic heterocycles. The van der Waals surface area contributed by atoms with Crippen molar-refractivity contribution in [3.63, 3.8) is 0 Å². The predicted molar refractivity (Wildman–Crippen MR) is 198 cm³/mol. The number of carbonyl (C=O) groups is 3. The number of hydrogen-bond donors (Lipinski definition) is 3. The second-order valence-corrected chi connectivity index (χ2v) is 13.4. The van der Waals surface area contributed by atoms with E-state index in [0.717, 1.165) is 10.5 Å². The fourth-order valence-electron chi connectivity index (χ4n) is 4.47. The number of hydrogen-bond acceptors (Lipinski definition) is 8. The summed E-state index contributed by atoms with van der Waals surface area (Å²) in [4.78, 5) is 44.7. The van der Waals surface area contributed by atoms with Gasteiger partial charge in [-0.2, -0.15) is 0 Å². The fourth-order valence-corrected chi connectivity index (χ4v) is 6.42. The summed E-state index contributed by atoms with van der Waals surface area (Å²) >= 11 is 15.2. The molecule has 0 radical (unpaired) electrons. The van der Waals surface area contributed by atoms with Gasteiger partial charge in [-0.05, 0) is 79.2 Å². The molecule has 3 amide bonds. The molecule has 0 saturated carbocycles. The van der Waals surface area contributed by atoms with Crippen molar-refractivity contribution in [2.75, 3.05) is 24.9 Å². The second kappa shape index (κ2) is 16.5. The molecule has 1 atom stereocenters. The van der Waals surface area contributed by atoms with Crippen LogP contribution in [0.3, 0.4) is 0 Å². The molecule has 0 fully saturated rings. The minimum atomic E-state index is -0.565. The Hall–Kier alpha value is -4.81. The number of aromatic nitrogens is 1. The van der Waals surface area contributed by atoms with E-state index >= 15 is 0 Å². The highest BCUT2D eigenvalue weighted by Crippen LogP contribution is 2.34. The topological polar surface area (TPSA) is 119 Å². The van der Waals surface area contributed by atoms with E-state index in [1.165, 1.54) is 29.2 Å². The molecule has 3 N–H and O–H groups in total. The summed E-state index contributed by atoms with van der Waals surface area (Å²) in [5.74, 6) is -0.0366. The van der Waals surface area contributed by atoms with Crippen molar-refractivity contribution in [3.8, 4) is 22.8 Å². The van der Waals surface area contributed by atoms with Crippen LogP contribution in [0.15, 0.2) is 107 Å². The van der Waals surface area contributed by atoms with Crippen molar-refractivity contribution in [2.24, 2.45) is 0 Å². The van der Waals surface area contributed by atoms with Gasteiger partial charge in [0.05, 0.1) is 35.2 Å². The summed E-state index contributed by atoms with van der Waals surface area (Å²) in [6, 6.07) is 26.1. The summed E-state index contributed by atoms with van der Waals surface area (Å²) in [6.45, 7) is 1.80. The van der Waals surface area contributed by atoms with Crippen LogP contribution in [0.1, 0.15) is 22.8 Å². The van der Waals surface area contributed by atoms with Gasteiger partial charge in [-0.15, -0.1) is 23.1 Å². The molecule has 0 saturated heterocycles. The highest BCUT2D eigenvalue weighted by Gasteiger charge is 2.19. The van der Waals surface area contributed by atoms with E-state index < -0.39 is 17.1 Å². The zero-order chi connectivity index (χ0) is 34.9. The van der Waals surface area contributed by atoms with E-state index in [4.69, 9.17) is 32.7 Å². The third-order valence-electron chi connectivity index (χ3n) is 7.02. The Labute approximate surface area is 301 Å². The van der Waals surface area contributed by atoms with Gasteiger partial charge in [-0.3, -0.25) is 14.4 Å². The predicted octanol–water partition coefficient (Wildman–Crippen LogP) is 8.66. The molecule has 0 aliphatic carbocycles. The quantitative estimate of drug-likeness (QED) is 0.0868. The summed E-state index contributed by atoms with van der Waals surface area (Å²) < 4.78 is 10.7. The van der Waals surface area contributed by atoms with E-state index in [9.17, 15) is 14.4 Å². The van der Waals surface area contributed by atoms with Crippen molar-refractivity contribution >= 4 is 80.9 Å². The summed E-state index contributed by atoms with van der Waals surface area (Å²) in [5.41, 5.74) is 2.82. The van der Waals surface area contributed by atoms with Crippen LogP contribution in [-0.2, 0) is 9.59 Å². The van der Waals surface area contributed by atoms with Gasteiger partial charge in [0.15, 0.2) is 16.6 Å². The van der Waals surface area contributed by atoms with Gasteiger partial charge in [0, 0.05) is 27.1 Å². The minimum absolute atomic E-state index is 0.0294. The largest absolute Gasteiger partial charge is 0.493 e. The van der Waals surface area contributed by atoms with Crippen LogP contribution in [-0.4, -0.2) is 42.2 Å². The van der Waals surface area contributed by atoms with E-state index in [1.807, 2.05) is 17.5 Å². The van der Waals surface area contributed by atoms with Crippen LogP contribution in [0.2, 0.25) is 10.0 Å². The van der Waals surface area contributed by atoms with Gasteiger partial charge in [-0.1, -0.05) is 53.5 Å². The lowest BCUT2D eigenvalue weighted by molar-refractivity contribution is -0.115. The molecule has 0 bridgehead atoms. The van der Waals surface area contributed by atoms with Crippen LogP contribution in [0.5, 0.6) is 11.5 Å². The highest BCUT2D eigenvalue weighted by atomic mass is 35.5. The minimum Gasteiger partial charge on any atom is -0.493 e. The Morgan fingerprint density at radius 3 is 2.33 bits per heavy atom. The smallest absolute Gasteiger partial charge is 0.272 e. The number of thioether (sulfide) groups is 1. The number of amides is 3. The molecule has 0 spiro atoms. The van der Waals surface area contributed by atoms with Gasteiger partial charge in [-0.25, -0.2) is 4.98 Å². The molecule has 0 aliphatic rings. The standard InChI is InChI=1S/C36H30Cl2N4O5S2/c1-21(33(43)42-36-41-29(20-48-36)23-12-17-30(46-2)31(19-23)47-3)49-26-15-13-25(14-16-26)39-35(45)28(18-24-10-7-11-27(37)32(24)38)40-34(44)22-8-5-4-6-9-22/h4-21H,1-3H3,(H,39,45)(H,40,44)(H,41,42,43)/b28-18-. The zero-order valence-corrected chi connectivity index (χ0v) is 29.6. The average molecular weight is 734 g/mol. The van der Waals surface area contributed by atoms with Crippen LogP contribution in [0, 0.1) is 0 Å². The Morgan fingerprint density at radius 1 is 0.878 bits per heavy atom. The Bertz CT molecular complexity index is 2000. The molecule has 5 aromatic rings. The summed E-state index contributed by atoms with van der Waals surface area (Å²) in [7, 11) is 3.14. The molecular formula is C36H30Cl2N4O5S2. The number of rotatable bonds is 12. The Balaban J connectivity index is 1.22. The van der Waals surface area contributed by atoms with Crippen LogP contribution in [0.25, 0.3) is 17.3 Å². The van der Waals surface area contributed by atoms with Gasteiger partial charge in [0.2, 0.25) is 5.91 Å². The monoisotopic (exact) mass is 732 g/mol. The lowest BCUT2D eigenvalue weighted by Crippen LogP contribution is -2.30. The highest BCUT2D eigenvalue weighted by molar-refractivity contribution is 8.00. The Kier molecular flexibility index (Phi) is 12.0. The first-order valence-electron chi connectivity index (χ1n) is 14.7. The average Bonchev–Trinajstić information content (AvgIpc) is 3.59. The maximum Gasteiger partial charge on any atom is 0.272 e. The lowest BCUT2D eigenvalue weighted by atomic mass is 10.1. The number of ether oxygens (including phenoxy) is 2. The molecule has 250 valence electrons. The number of benzene rings is 4. The van der Waals surface area contributed by atoms with Crippen molar-refractivity contribution in [1.82, 2.24) is 10.3 Å². The number of nitrogens with zero attached hydrogens (tertiary/aromatic N) is 1. The molecule has 1 unspecified atom stereocenters. The third kappa shape index (κ3) is 9.21. The normalized spacial score (nSPS) is 11.7. The fraction of sp³-hybridized carbons (Fsp3) is 0.111. The van der Waals surface area contributed by atoms with Crippen molar-refractivity contribution in [1.29, 1.82) is 0 Å². The first-order chi connectivity index (χ1) is 23.6. The number of halogens is 2. The van der Waals surface area contributed by atoms with Gasteiger partial charge >= 0.3 is 0 Å². The van der Waals surface area contributed by atoms with Crippen LogP contribution >= 0.6 is 46.3 Å². The van der Waals surface area contributed by atoms with E-state index in [-0.39, 0.29) is 16.6 Å². The van der Waals surface area contributed by atoms with E-state index in [2.05, 4.69) is 20.9 Å².